The highest BCUT2D eigenvalue weighted by Gasteiger charge is 2.14. The normalized spacial score (nSPS) is 12.4. The van der Waals surface area contributed by atoms with Gasteiger partial charge in [0.15, 0.2) is 0 Å². The van der Waals surface area contributed by atoms with Gasteiger partial charge in [0.25, 0.3) is 10.0 Å². The van der Waals surface area contributed by atoms with Gasteiger partial charge in [-0.25, -0.2) is 0 Å². The summed E-state index contributed by atoms with van der Waals surface area (Å²) in [6.45, 7) is 4.12. The summed E-state index contributed by atoms with van der Waals surface area (Å²) in [5.41, 5.74) is 1.61. The molecule has 2 rings (SSSR count). The molecule has 0 bridgehead atoms. The van der Waals surface area contributed by atoms with Gasteiger partial charge >= 0.3 is 0 Å². The maximum Gasteiger partial charge on any atom is 0.276 e. The van der Waals surface area contributed by atoms with E-state index < -0.39 is 10.0 Å². The zero-order valence-corrected chi connectivity index (χ0v) is 14.6. The molecule has 6 heteroatoms. The molecule has 0 unspecified atom stereocenters. The summed E-state index contributed by atoms with van der Waals surface area (Å²) < 4.78 is 24.6. The average Bonchev–Trinajstić information content (AvgIpc) is 2.52. The van der Waals surface area contributed by atoms with E-state index in [1.54, 1.807) is 0 Å². The van der Waals surface area contributed by atoms with Crippen molar-refractivity contribution in [2.75, 3.05) is 0 Å². The largest absolute Gasteiger partial charge is 0.276 e. The van der Waals surface area contributed by atoms with Gasteiger partial charge in [-0.1, -0.05) is 55.8 Å². The molecule has 0 radical (unpaired) electrons. The first kappa shape index (κ1) is 17.5. The van der Waals surface area contributed by atoms with E-state index in [-0.39, 0.29) is 4.90 Å². The lowest BCUT2D eigenvalue weighted by Gasteiger charge is -2.11. The fourth-order valence-electron chi connectivity index (χ4n) is 2.03. The third-order valence-electron chi connectivity index (χ3n) is 3.13. The highest BCUT2D eigenvalue weighted by atomic mass is 35.5. The summed E-state index contributed by atoms with van der Waals surface area (Å²) in [4.78, 5) is 2.44. The molecule has 0 aliphatic carbocycles. The van der Waals surface area contributed by atoms with Crippen LogP contribution in [0.25, 0.3) is 0 Å². The van der Waals surface area contributed by atoms with Crippen molar-refractivity contribution < 1.29 is 8.42 Å². The number of hydrogen-bond acceptors (Lipinski definition) is 3. The number of nitrogens with zero attached hydrogens (tertiary/aromatic N) is 1. The van der Waals surface area contributed by atoms with E-state index in [9.17, 15) is 8.42 Å². The molecule has 0 amide bonds. The maximum absolute atomic E-state index is 12.3. The zero-order valence-electron chi connectivity index (χ0n) is 13.0. The predicted molar refractivity (Wildman–Crippen MR) is 94.2 cm³/mol. The Balaban J connectivity index is 2.27. The van der Waals surface area contributed by atoms with Crippen molar-refractivity contribution in [3.63, 3.8) is 0 Å². The SMILES string of the molecule is CC(C)C/C(=N\NS(=O)(=O)c1ccc(Cl)cc1)c1ccccc1. The van der Waals surface area contributed by atoms with Gasteiger partial charge < -0.3 is 0 Å². The van der Waals surface area contributed by atoms with Gasteiger partial charge in [0.1, 0.15) is 0 Å². The molecule has 0 fully saturated rings. The van der Waals surface area contributed by atoms with Crippen LogP contribution < -0.4 is 4.83 Å². The number of sulfonamides is 1. The minimum Gasteiger partial charge on any atom is -0.200 e. The lowest BCUT2D eigenvalue weighted by molar-refractivity contribution is 0.583. The zero-order chi connectivity index (χ0) is 16.9. The lowest BCUT2D eigenvalue weighted by atomic mass is 10.0. The van der Waals surface area contributed by atoms with Crippen LogP contribution >= 0.6 is 11.6 Å². The second-order valence-corrected chi connectivity index (χ2v) is 7.67. The van der Waals surface area contributed by atoms with Crippen LogP contribution in [0.15, 0.2) is 64.6 Å². The van der Waals surface area contributed by atoms with E-state index in [0.717, 1.165) is 5.56 Å². The molecule has 2 aromatic carbocycles. The monoisotopic (exact) mass is 350 g/mol. The van der Waals surface area contributed by atoms with Crippen molar-refractivity contribution in [1.29, 1.82) is 0 Å². The number of hydrazone groups is 1. The van der Waals surface area contributed by atoms with Gasteiger partial charge in [0, 0.05) is 5.02 Å². The van der Waals surface area contributed by atoms with Crippen molar-refractivity contribution in [3.8, 4) is 0 Å². The molecule has 0 aliphatic heterocycles. The average molecular weight is 351 g/mol. The standard InChI is InChI=1S/C17H19ClN2O2S/c1-13(2)12-17(14-6-4-3-5-7-14)19-20-23(21,22)16-10-8-15(18)9-11-16/h3-11,13,20H,12H2,1-2H3/b19-17+. The summed E-state index contributed by atoms with van der Waals surface area (Å²) >= 11 is 5.78. The Labute approximate surface area is 142 Å². The van der Waals surface area contributed by atoms with Crippen LogP contribution in [0, 0.1) is 5.92 Å². The quantitative estimate of drug-likeness (QED) is 0.630. The molecular weight excluding hydrogens is 332 g/mol. The van der Waals surface area contributed by atoms with E-state index in [0.29, 0.717) is 23.1 Å². The second-order valence-electron chi connectivity index (χ2n) is 5.57. The molecule has 0 aromatic heterocycles. The first-order chi connectivity index (χ1) is 10.9. The van der Waals surface area contributed by atoms with Crippen molar-refractivity contribution in [3.05, 3.63) is 65.2 Å². The Hall–Kier alpha value is -1.85. The van der Waals surface area contributed by atoms with Crippen molar-refractivity contribution in [2.24, 2.45) is 11.0 Å². The van der Waals surface area contributed by atoms with Crippen LogP contribution in [0.4, 0.5) is 0 Å². The Bertz CT molecular complexity index is 770. The number of hydrogen-bond donors (Lipinski definition) is 1. The van der Waals surface area contributed by atoms with Crippen LogP contribution in [0.3, 0.4) is 0 Å². The minimum absolute atomic E-state index is 0.127. The van der Waals surface area contributed by atoms with Crippen LogP contribution in [0.1, 0.15) is 25.8 Å². The van der Waals surface area contributed by atoms with Gasteiger partial charge in [-0.05, 0) is 42.2 Å². The van der Waals surface area contributed by atoms with Crippen molar-refractivity contribution >= 4 is 27.3 Å². The van der Waals surface area contributed by atoms with E-state index in [1.807, 2.05) is 30.3 Å². The Morgan fingerprint density at radius 1 is 1.09 bits per heavy atom. The third-order valence-corrected chi connectivity index (χ3v) is 4.61. The number of rotatable bonds is 6. The minimum atomic E-state index is -3.71. The summed E-state index contributed by atoms with van der Waals surface area (Å²) in [5.74, 6) is 0.356. The summed E-state index contributed by atoms with van der Waals surface area (Å²) in [7, 11) is -3.71. The molecule has 0 atom stereocenters. The number of nitrogens with one attached hydrogen (secondary N) is 1. The maximum atomic E-state index is 12.3. The van der Waals surface area contributed by atoms with Crippen LogP contribution in [0.5, 0.6) is 0 Å². The van der Waals surface area contributed by atoms with Gasteiger partial charge in [-0.3, -0.25) is 0 Å². The lowest BCUT2D eigenvalue weighted by Crippen LogP contribution is -2.21. The molecule has 0 saturated carbocycles. The van der Waals surface area contributed by atoms with Crippen LogP contribution in [-0.2, 0) is 10.0 Å². The van der Waals surface area contributed by atoms with E-state index in [4.69, 9.17) is 11.6 Å². The van der Waals surface area contributed by atoms with Crippen LogP contribution in [0.2, 0.25) is 5.02 Å². The summed E-state index contributed by atoms with van der Waals surface area (Å²) in [5, 5.41) is 4.63. The molecule has 1 N–H and O–H groups in total. The summed E-state index contributed by atoms with van der Waals surface area (Å²) in [6.07, 6.45) is 0.674. The second kappa shape index (κ2) is 7.62. The highest BCUT2D eigenvalue weighted by molar-refractivity contribution is 7.89. The summed E-state index contributed by atoms with van der Waals surface area (Å²) in [6, 6.07) is 15.5. The third kappa shape index (κ3) is 5.08. The van der Waals surface area contributed by atoms with Crippen molar-refractivity contribution in [2.45, 2.75) is 25.2 Å². The Kier molecular flexibility index (Phi) is 5.80. The number of benzene rings is 2. The van der Waals surface area contributed by atoms with Crippen molar-refractivity contribution in [1.82, 2.24) is 4.83 Å². The highest BCUT2D eigenvalue weighted by Crippen LogP contribution is 2.15. The van der Waals surface area contributed by atoms with Gasteiger partial charge in [-0.15, -0.1) is 0 Å². The number of halogens is 1. The molecule has 0 aliphatic rings. The van der Waals surface area contributed by atoms with Gasteiger partial charge in [-0.2, -0.15) is 18.4 Å². The fraction of sp³-hybridized carbons (Fsp3) is 0.235. The topological polar surface area (TPSA) is 58.5 Å². The first-order valence-electron chi connectivity index (χ1n) is 7.28. The smallest absolute Gasteiger partial charge is 0.200 e. The molecule has 23 heavy (non-hydrogen) atoms. The van der Waals surface area contributed by atoms with Gasteiger partial charge in [0.2, 0.25) is 0 Å². The van der Waals surface area contributed by atoms with Crippen LogP contribution in [-0.4, -0.2) is 14.1 Å². The molecule has 0 saturated heterocycles. The molecule has 0 heterocycles. The predicted octanol–water partition coefficient (Wildman–Crippen LogP) is 4.07. The Morgan fingerprint density at radius 3 is 2.26 bits per heavy atom. The molecule has 122 valence electrons. The molecule has 2 aromatic rings. The molecule has 4 nitrogen and oxygen atoms in total. The Morgan fingerprint density at radius 2 is 1.70 bits per heavy atom. The molecule has 0 spiro atoms. The fourth-order valence-corrected chi connectivity index (χ4v) is 2.98. The van der Waals surface area contributed by atoms with E-state index >= 15 is 0 Å². The van der Waals surface area contributed by atoms with E-state index in [1.165, 1.54) is 24.3 Å². The van der Waals surface area contributed by atoms with E-state index in [2.05, 4.69) is 23.8 Å². The molecular formula is C17H19ClN2O2S. The first-order valence-corrected chi connectivity index (χ1v) is 9.14. The van der Waals surface area contributed by atoms with Gasteiger partial charge in [0.05, 0.1) is 10.6 Å².